The highest BCUT2D eigenvalue weighted by Crippen LogP contribution is 2.26. The number of amides is 3. The number of hydrogen-bond acceptors (Lipinski definition) is 5. The van der Waals surface area contributed by atoms with Gasteiger partial charge in [0.2, 0.25) is 17.7 Å². The number of aryl methyl sites for hydroxylation is 2. The van der Waals surface area contributed by atoms with Crippen molar-refractivity contribution >= 4 is 17.7 Å². The molecule has 1 aromatic heterocycles. The average Bonchev–Trinajstić information content (AvgIpc) is 2.95. The Morgan fingerprint density at radius 3 is 2.29 bits per heavy atom. The van der Waals surface area contributed by atoms with Crippen molar-refractivity contribution in [1.29, 1.82) is 0 Å². The molecule has 8 nitrogen and oxygen atoms in total. The summed E-state index contributed by atoms with van der Waals surface area (Å²) in [6, 6.07) is 19.1. The van der Waals surface area contributed by atoms with Crippen LogP contribution in [0.3, 0.4) is 0 Å². The van der Waals surface area contributed by atoms with Gasteiger partial charge in [-0.05, 0) is 72.4 Å². The smallest absolute Gasteiger partial charge is 0.244 e. The van der Waals surface area contributed by atoms with Crippen LogP contribution in [0, 0.1) is 18.3 Å². The van der Waals surface area contributed by atoms with Crippen LogP contribution in [0.4, 0.5) is 0 Å². The number of carbonyl (C=O) groups excluding carboxylic acids is 3. The molecule has 3 atom stereocenters. The van der Waals surface area contributed by atoms with Crippen LogP contribution in [0.25, 0.3) is 11.1 Å². The van der Waals surface area contributed by atoms with E-state index in [1.165, 1.54) is 11.1 Å². The van der Waals surface area contributed by atoms with Gasteiger partial charge in [-0.2, -0.15) is 0 Å². The minimum Gasteiger partial charge on any atom is -0.348 e. The minimum absolute atomic E-state index is 0.182. The van der Waals surface area contributed by atoms with E-state index in [1.54, 1.807) is 23.9 Å². The standard InChI is InChI=1S/C33H42N4O4/c1-22-19-24(16-17-28(22)25-12-7-6-8-13-25)11-9-14-26(20-29(38)37-41)31(39)36-30(33(3,4)5)32(40)35-23(2)27-15-10-18-34-21-27/h6-8,10,12-13,15-19,21,23,26,30,41H,9,11,14,20H2,1-5H3,(H,35,40)(H,36,39)(H,37,38)/t23-,26-,30-/m1/s1. The summed E-state index contributed by atoms with van der Waals surface area (Å²) in [4.78, 5) is 42.9. The maximum Gasteiger partial charge on any atom is 0.244 e. The van der Waals surface area contributed by atoms with E-state index in [2.05, 4.69) is 52.9 Å². The molecule has 3 amide bonds. The van der Waals surface area contributed by atoms with Crippen molar-refractivity contribution in [2.24, 2.45) is 11.3 Å². The number of pyridine rings is 1. The number of benzene rings is 2. The van der Waals surface area contributed by atoms with E-state index < -0.39 is 29.2 Å². The maximum atomic E-state index is 13.4. The largest absolute Gasteiger partial charge is 0.348 e. The number of nitrogens with zero attached hydrogens (tertiary/aromatic N) is 1. The zero-order valence-electron chi connectivity index (χ0n) is 24.6. The number of carbonyl (C=O) groups is 3. The van der Waals surface area contributed by atoms with Gasteiger partial charge in [0.25, 0.3) is 0 Å². The van der Waals surface area contributed by atoms with Gasteiger partial charge in [0.1, 0.15) is 6.04 Å². The van der Waals surface area contributed by atoms with Gasteiger partial charge in [-0.1, -0.05) is 75.4 Å². The molecule has 4 N–H and O–H groups in total. The first kappa shape index (κ1) is 31.5. The Kier molecular flexibility index (Phi) is 11.2. The van der Waals surface area contributed by atoms with E-state index in [0.29, 0.717) is 12.8 Å². The second kappa shape index (κ2) is 14.6. The predicted octanol–water partition coefficient (Wildman–Crippen LogP) is 5.30. The van der Waals surface area contributed by atoms with Crippen LogP contribution in [0.2, 0.25) is 0 Å². The summed E-state index contributed by atoms with van der Waals surface area (Å²) in [6.45, 7) is 9.58. The van der Waals surface area contributed by atoms with Crippen molar-refractivity contribution in [3.8, 4) is 11.1 Å². The van der Waals surface area contributed by atoms with Gasteiger partial charge in [-0.15, -0.1) is 0 Å². The lowest BCUT2D eigenvalue weighted by Crippen LogP contribution is -2.55. The molecule has 1 heterocycles. The van der Waals surface area contributed by atoms with E-state index in [9.17, 15) is 14.4 Å². The number of nitrogens with one attached hydrogen (secondary N) is 3. The average molecular weight is 559 g/mol. The molecule has 8 heteroatoms. The molecular weight excluding hydrogens is 516 g/mol. The lowest BCUT2D eigenvalue weighted by Gasteiger charge is -2.32. The quantitative estimate of drug-likeness (QED) is 0.178. The zero-order valence-corrected chi connectivity index (χ0v) is 24.6. The van der Waals surface area contributed by atoms with E-state index in [-0.39, 0.29) is 18.4 Å². The molecule has 0 bridgehead atoms. The molecule has 0 fully saturated rings. The fourth-order valence-corrected chi connectivity index (χ4v) is 4.92. The second-order valence-corrected chi connectivity index (χ2v) is 11.7. The second-order valence-electron chi connectivity index (χ2n) is 11.7. The van der Waals surface area contributed by atoms with Crippen LogP contribution in [0.1, 0.15) is 69.7 Å². The third kappa shape index (κ3) is 9.25. The van der Waals surface area contributed by atoms with Crippen LogP contribution in [-0.2, 0) is 20.8 Å². The highest BCUT2D eigenvalue weighted by atomic mass is 16.5. The van der Waals surface area contributed by atoms with Crippen LogP contribution >= 0.6 is 0 Å². The van der Waals surface area contributed by atoms with Crippen LogP contribution in [-0.4, -0.2) is 34.0 Å². The van der Waals surface area contributed by atoms with Gasteiger partial charge in [0.15, 0.2) is 0 Å². The molecule has 0 spiro atoms. The molecule has 0 unspecified atom stereocenters. The normalized spacial score (nSPS) is 13.5. The molecule has 0 aliphatic rings. The van der Waals surface area contributed by atoms with Crippen molar-refractivity contribution in [1.82, 2.24) is 21.1 Å². The first-order valence-corrected chi connectivity index (χ1v) is 14.1. The van der Waals surface area contributed by atoms with Gasteiger partial charge >= 0.3 is 0 Å². The van der Waals surface area contributed by atoms with E-state index in [4.69, 9.17) is 5.21 Å². The topological polar surface area (TPSA) is 120 Å². The Morgan fingerprint density at radius 2 is 1.68 bits per heavy atom. The number of aromatic nitrogens is 1. The third-order valence-corrected chi connectivity index (χ3v) is 7.28. The fraction of sp³-hybridized carbons (Fsp3) is 0.394. The first-order chi connectivity index (χ1) is 19.5. The van der Waals surface area contributed by atoms with Gasteiger partial charge in [0, 0.05) is 24.7 Å². The Hall–Kier alpha value is -4.04. The van der Waals surface area contributed by atoms with E-state index in [1.807, 2.05) is 52.0 Å². The van der Waals surface area contributed by atoms with Gasteiger partial charge < -0.3 is 10.6 Å². The molecule has 218 valence electrons. The highest BCUT2D eigenvalue weighted by Gasteiger charge is 2.35. The van der Waals surface area contributed by atoms with E-state index in [0.717, 1.165) is 23.1 Å². The SMILES string of the molecule is Cc1cc(CCC[C@H](CC(=O)NO)C(=O)N[C@H](C(=O)N[C@H](C)c2cccnc2)C(C)(C)C)ccc1-c1ccccc1. The summed E-state index contributed by atoms with van der Waals surface area (Å²) in [6.07, 6.45) is 4.98. The summed E-state index contributed by atoms with van der Waals surface area (Å²) < 4.78 is 0. The molecule has 0 saturated heterocycles. The predicted molar refractivity (Wildman–Crippen MR) is 160 cm³/mol. The monoisotopic (exact) mass is 558 g/mol. The molecule has 3 aromatic rings. The Morgan fingerprint density at radius 1 is 0.951 bits per heavy atom. The third-order valence-electron chi connectivity index (χ3n) is 7.28. The molecular formula is C33H42N4O4. The first-order valence-electron chi connectivity index (χ1n) is 14.1. The number of rotatable bonds is 12. The summed E-state index contributed by atoms with van der Waals surface area (Å²) in [5, 5.41) is 15.0. The summed E-state index contributed by atoms with van der Waals surface area (Å²) in [7, 11) is 0. The fourth-order valence-electron chi connectivity index (χ4n) is 4.92. The molecule has 0 aliphatic carbocycles. The molecule has 2 aromatic carbocycles. The van der Waals surface area contributed by atoms with Gasteiger partial charge in [-0.3, -0.25) is 24.6 Å². The molecule has 0 aliphatic heterocycles. The van der Waals surface area contributed by atoms with Crippen molar-refractivity contribution in [2.45, 2.75) is 72.4 Å². The van der Waals surface area contributed by atoms with Crippen molar-refractivity contribution in [3.05, 3.63) is 89.7 Å². The zero-order chi connectivity index (χ0) is 30.0. The maximum absolute atomic E-state index is 13.4. The lowest BCUT2D eigenvalue weighted by atomic mass is 9.85. The molecule has 3 rings (SSSR count). The Balaban J connectivity index is 1.67. The van der Waals surface area contributed by atoms with Crippen molar-refractivity contribution in [3.63, 3.8) is 0 Å². The Bertz CT molecular complexity index is 1310. The van der Waals surface area contributed by atoms with E-state index >= 15 is 0 Å². The van der Waals surface area contributed by atoms with Gasteiger partial charge in [0.05, 0.1) is 6.04 Å². The minimum atomic E-state index is -0.831. The van der Waals surface area contributed by atoms with Crippen molar-refractivity contribution < 1.29 is 19.6 Å². The van der Waals surface area contributed by atoms with Crippen LogP contribution in [0.5, 0.6) is 0 Å². The summed E-state index contributed by atoms with van der Waals surface area (Å²) in [5.41, 5.74) is 6.55. The number of hydrogen-bond donors (Lipinski definition) is 4. The van der Waals surface area contributed by atoms with Crippen LogP contribution in [0.15, 0.2) is 73.1 Å². The number of hydroxylamine groups is 1. The molecule has 0 radical (unpaired) electrons. The summed E-state index contributed by atoms with van der Waals surface area (Å²) in [5.74, 6) is -2.06. The van der Waals surface area contributed by atoms with Crippen LogP contribution < -0.4 is 16.1 Å². The van der Waals surface area contributed by atoms with Gasteiger partial charge in [-0.25, -0.2) is 5.48 Å². The Labute approximate surface area is 242 Å². The molecule has 41 heavy (non-hydrogen) atoms. The highest BCUT2D eigenvalue weighted by molar-refractivity contribution is 5.91. The van der Waals surface area contributed by atoms with Crippen molar-refractivity contribution in [2.75, 3.05) is 0 Å². The summed E-state index contributed by atoms with van der Waals surface area (Å²) >= 11 is 0. The lowest BCUT2D eigenvalue weighted by molar-refractivity contribution is -0.137. The molecule has 0 saturated carbocycles.